The summed E-state index contributed by atoms with van der Waals surface area (Å²) >= 11 is 5.92. The van der Waals surface area contributed by atoms with Crippen molar-refractivity contribution in [2.45, 2.75) is 12.5 Å². The van der Waals surface area contributed by atoms with Crippen LogP contribution >= 0.6 is 11.6 Å². The van der Waals surface area contributed by atoms with Gasteiger partial charge in [-0.05, 0) is 42.8 Å². The summed E-state index contributed by atoms with van der Waals surface area (Å²) in [5, 5.41) is 0.529. The minimum absolute atomic E-state index is 0.0548. The summed E-state index contributed by atoms with van der Waals surface area (Å²) in [4.78, 5) is 14.8. The maximum absolute atomic E-state index is 13.2. The second kappa shape index (κ2) is 7.05. The van der Waals surface area contributed by atoms with Gasteiger partial charge in [0.05, 0.1) is 17.5 Å². The molecule has 1 atom stereocenters. The lowest BCUT2D eigenvalue weighted by Gasteiger charge is -2.30. The van der Waals surface area contributed by atoms with Crippen LogP contribution in [0.2, 0.25) is 5.02 Å². The van der Waals surface area contributed by atoms with Gasteiger partial charge in [-0.1, -0.05) is 11.6 Å². The molecule has 2 aromatic rings. The number of anilines is 1. The molecule has 1 amide bonds. The zero-order chi connectivity index (χ0) is 19.0. The number of nitrogens with zero attached hydrogens (tertiary/aromatic N) is 1. The molecule has 6 nitrogen and oxygen atoms in total. The molecule has 0 spiro atoms. The number of hydrogen-bond acceptors (Lipinski definition) is 5. The van der Waals surface area contributed by atoms with E-state index in [0.29, 0.717) is 47.4 Å². The first-order chi connectivity index (χ1) is 12.9. The van der Waals surface area contributed by atoms with E-state index in [1.165, 1.54) is 0 Å². The molecular formula is C19H18ClNO5S. The number of rotatable bonds is 3. The predicted molar refractivity (Wildman–Crippen MR) is 103 cm³/mol. The van der Waals surface area contributed by atoms with Crippen molar-refractivity contribution in [2.24, 2.45) is 0 Å². The fraction of sp³-hybridized carbons (Fsp3) is 0.316. The van der Waals surface area contributed by atoms with E-state index in [4.69, 9.17) is 21.1 Å². The van der Waals surface area contributed by atoms with Gasteiger partial charge in [-0.25, -0.2) is 8.42 Å². The van der Waals surface area contributed by atoms with Gasteiger partial charge in [-0.2, -0.15) is 0 Å². The van der Waals surface area contributed by atoms with Gasteiger partial charge in [0.1, 0.15) is 13.2 Å². The van der Waals surface area contributed by atoms with Gasteiger partial charge in [0.25, 0.3) is 5.91 Å². The van der Waals surface area contributed by atoms with Gasteiger partial charge in [-0.15, -0.1) is 0 Å². The lowest BCUT2D eigenvalue weighted by atomic mass is 10.1. The van der Waals surface area contributed by atoms with Crippen LogP contribution in [-0.2, 0) is 9.84 Å². The Morgan fingerprint density at radius 1 is 1.04 bits per heavy atom. The molecule has 8 heteroatoms. The minimum atomic E-state index is -3.16. The highest BCUT2D eigenvalue weighted by atomic mass is 35.5. The Morgan fingerprint density at radius 3 is 2.41 bits per heavy atom. The van der Waals surface area contributed by atoms with E-state index >= 15 is 0 Å². The van der Waals surface area contributed by atoms with E-state index in [-0.39, 0.29) is 17.4 Å². The maximum Gasteiger partial charge on any atom is 0.258 e. The topological polar surface area (TPSA) is 72.9 Å². The Bertz CT molecular complexity index is 974. The summed E-state index contributed by atoms with van der Waals surface area (Å²) in [7, 11) is -3.16. The molecule has 2 heterocycles. The van der Waals surface area contributed by atoms with Crippen LogP contribution in [0.4, 0.5) is 5.69 Å². The van der Waals surface area contributed by atoms with Crippen LogP contribution < -0.4 is 14.4 Å². The van der Waals surface area contributed by atoms with Crippen LogP contribution in [-0.4, -0.2) is 45.1 Å². The third-order valence-corrected chi connectivity index (χ3v) is 6.69. The molecule has 1 fully saturated rings. The number of carbonyl (C=O) groups excluding carboxylic acids is 1. The van der Waals surface area contributed by atoms with Crippen molar-refractivity contribution in [1.82, 2.24) is 0 Å². The van der Waals surface area contributed by atoms with Crippen LogP contribution in [0.5, 0.6) is 11.5 Å². The summed E-state index contributed by atoms with van der Waals surface area (Å²) < 4.78 is 35.2. The first-order valence-electron chi connectivity index (χ1n) is 8.62. The van der Waals surface area contributed by atoms with Crippen molar-refractivity contribution in [3.8, 4) is 11.5 Å². The molecular weight excluding hydrogens is 390 g/mol. The average molecular weight is 408 g/mol. The fourth-order valence-corrected chi connectivity index (χ4v) is 5.21. The highest BCUT2D eigenvalue weighted by Crippen LogP contribution is 2.36. The Hall–Kier alpha value is -2.25. The van der Waals surface area contributed by atoms with Crippen molar-refractivity contribution in [3.63, 3.8) is 0 Å². The number of amides is 1. The van der Waals surface area contributed by atoms with Crippen molar-refractivity contribution >= 4 is 33.0 Å². The molecule has 2 aliphatic rings. The SMILES string of the molecule is O=C(c1ccc(Cl)cc1)N(c1ccc2c(c1)OCCO2)C1CCS(=O)(=O)C1. The summed E-state index contributed by atoms with van der Waals surface area (Å²) in [6.07, 6.45) is 0.399. The summed E-state index contributed by atoms with van der Waals surface area (Å²) in [6.45, 7) is 0.903. The molecule has 0 aliphatic carbocycles. The van der Waals surface area contributed by atoms with Gasteiger partial charge in [-0.3, -0.25) is 4.79 Å². The molecule has 1 unspecified atom stereocenters. The van der Waals surface area contributed by atoms with Gasteiger partial charge < -0.3 is 14.4 Å². The van der Waals surface area contributed by atoms with E-state index in [0.717, 1.165) is 0 Å². The Balaban J connectivity index is 1.74. The monoisotopic (exact) mass is 407 g/mol. The number of hydrogen-bond donors (Lipinski definition) is 0. The smallest absolute Gasteiger partial charge is 0.258 e. The van der Waals surface area contributed by atoms with E-state index < -0.39 is 15.9 Å². The molecule has 1 saturated heterocycles. The van der Waals surface area contributed by atoms with Gasteiger partial charge >= 0.3 is 0 Å². The van der Waals surface area contributed by atoms with Crippen LogP contribution in [0.3, 0.4) is 0 Å². The molecule has 0 saturated carbocycles. The summed E-state index contributed by atoms with van der Waals surface area (Å²) in [5.74, 6) is 0.912. The molecule has 2 aliphatic heterocycles. The Labute approximate surface area is 162 Å². The molecule has 142 valence electrons. The third-order valence-electron chi connectivity index (χ3n) is 4.69. The molecule has 27 heavy (non-hydrogen) atoms. The quantitative estimate of drug-likeness (QED) is 0.782. The lowest BCUT2D eigenvalue weighted by molar-refractivity contribution is 0.0979. The van der Waals surface area contributed by atoms with Crippen LogP contribution in [0.15, 0.2) is 42.5 Å². The van der Waals surface area contributed by atoms with Crippen LogP contribution in [0.1, 0.15) is 16.8 Å². The summed E-state index contributed by atoms with van der Waals surface area (Å²) in [5.41, 5.74) is 1.03. The second-order valence-electron chi connectivity index (χ2n) is 6.57. The van der Waals surface area contributed by atoms with Crippen molar-refractivity contribution < 1.29 is 22.7 Å². The largest absolute Gasteiger partial charge is 0.486 e. The molecule has 0 bridgehead atoms. The number of halogens is 1. The highest BCUT2D eigenvalue weighted by molar-refractivity contribution is 7.91. The minimum Gasteiger partial charge on any atom is -0.486 e. The molecule has 0 N–H and O–H groups in total. The van der Waals surface area contributed by atoms with Crippen molar-refractivity contribution in [1.29, 1.82) is 0 Å². The maximum atomic E-state index is 13.2. The molecule has 0 radical (unpaired) electrons. The highest BCUT2D eigenvalue weighted by Gasteiger charge is 2.36. The number of benzene rings is 2. The van der Waals surface area contributed by atoms with E-state index in [2.05, 4.69) is 0 Å². The van der Waals surface area contributed by atoms with Crippen LogP contribution in [0.25, 0.3) is 0 Å². The van der Waals surface area contributed by atoms with Crippen molar-refractivity contribution in [2.75, 3.05) is 29.6 Å². The zero-order valence-corrected chi connectivity index (χ0v) is 16.0. The van der Waals surface area contributed by atoms with E-state index in [1.807, 2.05) is 0 Å². The van der Waals surface area contributed by atoms with Gasteiger partial charge in [0, 0.05) is 22.3 Å². The fourth-order valence-electron chi connectivity index (χ4n) is 3.39. The zero-order valence-electron chi connectivity index (χ0n) is 14.4. The first-order valence-corrected chi connectivity index (χ1v) is 10.8. The predicted octanol–water partition coefficient (Wildman–Crippen LogP) is 2.95. The average Bonchev–Trinajstić information content (AvgIpc) is 3.01. The number of carbonyl (C=O) groups is 1. The third kappa shape index (κ3) is 3.75. The summed E-state index contributed by atoms with van der Waals surface area (Å²) in [6, 6.07) is 11.4. The van der Waals surface area contributed by atoms with Gasteiger partial charge in [0.15, 0.2) is 21.3 Å². The first kappa shape index (κ1) is 18.1. The normalized spacial score (nSPS) is 20.3. The number of fused-ring (bicyclic) bond motifs is 1. The molecule has 2 aromatic carbocycles. The van der Waals surface area contributed by atoms with E-state index in [9.17, 15) is 13.2 Å². The Morgan fingerprint density at radius 2 is 1.74 bits per heavy atom. The molecule has 0 aromatic heterocycles. The number of ether oxygens (including phenoxy) is 2. The van der Waals surface area contributed by atoms with Gasteiger partial charge in [0.2, 0.25) is 0 Å². The second-order valence-corrected chi connectivity index (χ2v) is 9.23. The van der Waals surface area contributed by atoms with Crippen LogP contribution in [0, 0.1) is 0 Å². The Kier molecular flexibility index (Phi) is 4.74. The lowest BCUT2D eigenvalue weighted by Crippen LogP contribution is -2.41. The van der Waals surface area contributed by atoms with Crippen molar-refractivity contribution in [3.05, 3.63) is 53.1 Å². The molecule has 4 rings (SSSR count). The standard InChI is InChI=1S/C19H18ClNO5S/c20-14-3-1-13(2-4-14)19(22)21(16-7-10-27(23,24)12-16)15-5-6-17-18(11-15)26-9-8-25-17/h1-6,11,16H,7-10,12H2. The number of sulfone groups is 1. The van der Waals surface area contributed by atoms with E-state index in [1.54, 1.807) is 47.4 Å².